The molecule has 1 rings (SSSR count). The van der Waals surface area contributed by atoms with Gasteiger partial charge in [0.25, 0.3) is 5.91 Å². The average molecular weight is 259 g/mol. The molecule has 0 radical (unpaired) electrons. The molecule has 0 aliphatic carbocycles. The van der Waals surface area contributed by atoms with Crippen molar-refractivity contribution in [2.24, 2.45) is 0 Å². The fourth-order valence-electron chi connectivity index (χ4n) is 1.12. The molecule has 0 aliphatic heterocycles. The van der Waals surface area contributed by atoms with Crippen LogP contribution in [-0.4, -0.2) is 61.4 Å². The van der Waals surface area contributed by atoms with Crippen LogP contribution < -0.4 is 11.1 Å². The predicted octanol–water partition coefficient (Wildman–Crippen LogP) is -0.572. The zero-order valence-corrected chi connectivity index (χ0v) is 10.8. The highest BCUT2D eigenvalue weighted by atomic mass is 32.1. The predicted molar refractivity (Wildman–Crippen MR) is 66.0 cm³/mol. The van der Waals surface area contributed by atoms with Gasteiger partial charge in [0.1, 0.15) is 0 Å². The van der Waals surface area contributed by atoms with E-state index in [0.717, 1.165) is 24.4 Å². The number of nitrogens with two attached hydrogens (primary N) is 1. The van der Waals surface area contributed by atoms with Crippen LogP contribution in [-0.2, 0) is 4.74 Å². The van der Waals surface area contributed by atoms with E-state index < -0.39 is 0 Å². The number of carbonyl (C=O) groups excluding carboxylic acids is 1. The third-order valence-electron chi connectivity index (χ3n) is 2.09. The topological polar surface area (TPSA) is 93.4 Å². The van der Waals surface area contributed by atoms with Crippen molar-refractivity contribution in [3.63, 3.8) is 0 Å². The summed E-state index contributed by atoms with van der Waals surface area (Å²) in [7, 11) is 3.63. The van der Waals surface area contributed by atoms with Crippen molar-refractivity contribution < 1.29 is 9.53 Å². The summed E-state index contributed by atoms with van der Waals surface area (Å²) in [6, 6.07) is 0. The Hall–Kier alpha value is -1.25. The summed E-state index contributed by atoms with van der Waals surface area (Å²) < 4.78 is 4.95. The van der Waals surface area contributed by atoms with E-state index >= 15 is 0 Å². The molecule has 17 heavy (non-hydrogen) atoms. The number of aromatic nitrogens is 2. The molecular weight excluding hydrogens is 242 g/mol. The molecule has 96 valence electrons. The van der Waals surface area contributed by atoms with Gasteiger partial charge in [-0.1, -0.05) is 11.3 Å². The molecule has 1 aromatic heterocycles. The summed E-state index contributed by atoms with van der Waals surface area (Å²) in [6.07, 6.45) is 0. The summed E-state index contributed by atoms with van der Waals surface area (Å²) >= 11 is 1.08. The minimum Gasteiger partial charge on any atom is -0.383 e. The molecule has 0 bridgehead atoms. The number of hydrogen-bond donors (Lipinski definition) is 2. The Kier molecular flexibility index (Phi) is 5.81. The first kappa shape index (κ1) is 13.8. The molecule has 1 amide bonds. The van der Waals surface area contributed by atoms with Gasteiger partial charge in [0, 0.05) is 26.7 Å². The van der Waals surface area contributed by atoms with Crippen molar-refractivity contribution in [3.05, 3.63) is 5.01 Å². The maximum Gasteiger partial charge on any atom is 0.282 e. The van der Waals surface area contributed by atoms with Crippen molar-refractivity contribution in [1.82, 2.24) is 20.4 Å². The Bertz CT molecular complexity index is 357. The molecular formula is C9H17N5O2S. The van der Waals surface area contributed by atoms with Crippen LogP contribution in [0, 0.1) is 0 Å². The number of anilines is 1. The molecule has 0 spiro atoms. The summed E-state index contributed by atoms with van der Waals surface area (Å²) in [5.74, 6) is -0.237. The first-order valence-electron chi connectivity index (χ1n) is 5.18. The molecule has 0 unspecified atom stereocenters. The van der Waals surface area contributed by atoms with Gasteiger partial charge in [-0.25, -0.2) is 0 Å². The van der Waals surface area contributed by atoms with Gasteiger partial charge in [-0.05, 0) is 7.05 Å². The molecule has 0 saturated carbocycles. The number of nitrogen functional groups attached to an aromatic ring is 1. The van der Waals surface area contributed by atoms with Gasteiger partial charge in [-0.15, -0.1) is 10.2 Å². The number of carbonyl (C=O) groups is 1. The molecule has 3 N–H and O–H groups in total. The van der Waals surface area contributed by atoms with Crippen molar-refractivity contribution in [1.29, 1.82) is 0 Å². The third-order valence-corrected chi connectivity index (χ3v) is 2.84. The second-order valence-corrected chi connectivity index (χ2v) is 4.51. The molecule has 0 atom stereocenters. The van der Waals surface area contributed by atoms with Crippen molar-refractivity contribution in [3.8, 4) is 0 Å². The molecule has 7 nitrogen and oxygen atoms in total. The maximum atomic E-state index is 11.6. The number of nitrogens with one attached hydrogen (secondary N) is 1. The van der Waals surface area contributed by atoms with E-state index in [0.29, 0.717) is 23.3 Å². The lowest BCUT2D eigenvalue weighted by Crippen LogP contribution is -2.34. The van der Waals surface area contributed by atoms with Crippen molar-refractivity contribution in [2.45, 2.75) is 0 Å². The number of rotatable bonds is 7. The zero-order valence-electron chi connectivity index (χ0n) is 9.97. The third kappa shape index (κ3) is 5.07. The van der Waals surface area contributed by atoms with Crippen LogP contribution >= 0.6 is 11.3 Å². The van der Waals surface area contributed by atoms with Crippen molar-refractivity contribution >= 4 is 22.4 Å². The van der Waals surface area contributed by atoms with Gasteiger partial charge in [0.2, 0.25) is 10.1 Å². The van der Waals surface area contributed by atoms with E-state index in [-0.39, 0.29) is 5.91 Å². The number of methoxy groups -OCH3 is 1. The van der Waals surface area contributed by atoms with E-state index in [2.05, 4.69) is 20.4 Å². The smallest absolute Gasteiger partial charge is 0.282 e. The molecule has 1 heterocycles. The van der Waals surface area contributed by atoms with Crippen LogP contribution in [0.3, 0.4) is 0 Å². The Morgan fingerprint density at radius 3 is 2.88 bits per heavy atom. The first-order chi connectivity index (χ1) is 8.13. The van der Waals surface area contributed by atoms with E-state index in [4.69, 9.17) is 10.5 Å². The largest absolute Gasteiger partial charge is 0.383 e. The lowest BCUT2D eigenvalue weighted by atomic mass is 10.5. The zero-order chi connectivity index (χ0) is 12.7. The second kappa shape index (κ2) is 7.15. The molecule has 0 saturated heterocycles. The highest BCUT2D eigenvalue weighted by Gasteiger charge is 2.10. The lowest BCUT2D eigenvalue weighted by molar-refractivity contribution is 0.0946. The van der Waals surface area contributed by atoms with Gasteiger partial charge >= 0.3 is 0 Å². The monoisotopic (exact) mass is 259 g/mol. The maximum absolute atomic E-state index is 11.6. The van der Waals surface area contributed by atoms with Crippen LogP contribution in [0.5, 0.6) is 0 Å². The van der Waals surface area contributed by atoms with E-state index in [1.165, 1.54) is 0 Å². The fraction of sp³-hybridized carbons (Fsp3) is 0.667. The Labute approximate surface area is 104 Å². The van der Waals surface area contributed by atoms with E-state index in [9.17, 15) is 4.79 Å². The number of amides is 1. The Balaban J connectivity index is 2.20. The Morgan fingerprint density at radius 2 is 2.29 bits per heavy atom. The standard InChI is InChI=1S/C9H17N5O2S/c1-14(5-6-16-2)4-3-11-7(15)8-12-13-9(10)17-8/h3-6H2,1-2H3,(H2,10,13)(H,11,15). The number of likely N-dealkylation sites (N-methyl/N-ethyl adjacent to an activating group) is 1. The number of ether oxygens (including phenoxy) is 1. The minimum absolute atomic E-state index is 0.237. The summed E-state index contributed by atoms with van der Waals surface area (Å²) in [4.78, 5) is 13.6. The van der Waals surface area contributed by atoms with Gasteiger partial charge < -0.3 is 20.7 Å². The highest BCUT2D eigenvalue weighted by molar-refractivity contribution is 7.16. The quantitative estimate of drug-likeness (QED) is 0.681. The molecule has 0 fully saturated rings. The minimum atomic E-state index is -0.237. The van der Waals surface area contributed by atoms with Gasteiger partial charge in [0.05, 0.1) is 6.61 Å². The van der Waals surface area contributed by atoms with Crippen LogP contribution in [0.2, 0.25) is 0 Å². The number of nitrogens with zero attached hydrogens (tertiary/aromatic N) is 3. The molecule has 1 aromatic rings. The van der Waals surface area contributed by atoms with Gasteiger partial charge in [-0.3, -0.25) is 4.79 Å². The summed E-state index contributed by atoms with van der Waals surface area (Å²) in [5.41, 5.74) is 5.39. The molecule has 0 aromatic carbocycles. The van der Waals surface area contributed by atoms with Crippen LogP contribution in [0.15, 0.2) is 0 Å². The van der Waals surface area contributed by atoms with E-state index in [1.807, 2.05) is 7.05 Å². The average Bonchev–Trinajstić information content (AvgIpc) is 2.73. The fourth-order valence-corrected chi connectivity index (χ4v) is 1.65. The summed E-state index contributed by atoms with van der Waals surface area (Å²) in [6.45, 7) is 2.82. The van der Waals surface area contributed by atoms with Gasteiger partial charge in [0.15, 0.2) is 0 Å². The van der Waals surface area contributed by atoms with E-state index in [1.54, 1.807) is 7.11 Å². The van der Waals surface area contributed by atoms with Crippen LogP contribution in [0.25, 0.3) is 0 Å². The summed E-state index contributed by atoms with van der Waals surface area (Å²) in [5, 5.41) is 10.6. The first-order valence-corrected chi connectivity index (χ1v) is 5.99. The lowest BCUT2D eigenvalue weighted by Gasteiger charge is -2.15. The number of hydrogen-bond acceptors (Lipinski definition) is 7. The van der Waals surface area contributed by atoms with Crippen LogP contribution in [0.1, 0.15) is 9.80 Å². The van der Waals surface area contributed by atoms with Gasteiger partial charge in [-0.2, -0.15) is 0 Å². The normalized spacial score (nSPS) is 10.8. The SMILES string of the molecule is COCCN(C)CCNC(=O)c1nnc(N)s1. The van der Waals surface area contributed by atoms with Crippen LogP contribution in [0.4, 0.5) is 5.13 Å². The Morgan fingerprint density at radius 1 is 1.53 bits per heavy atom. The highest BCUT2D eigenvalue weighted by Crippen LogP contribution is 2.09. The molecule has 8 heteroatoms. The van der Waals surface area contributed by atoms with Crippen molar-refractivity contribution in [2.75, 3.05) is 46.1 Å². The molecule has 0 aliphatic rings. The second-order valence-electron chi connectivity index (χ2n) is 3.50.